The zero-order chi connectivity index (χ0) is 13.5. The lowest BCUT2D eigenvalue weighted by Gasteiger charge is -2.13. The van der Waals surface area contributed by atoms with E-state index in [0.717, 1.165) is 0 Å². The number of amides is 2. The average molecular weight is 254 g/mol. The van der Waals surface area contributed by atoms with Gasteiger partial charge in [-0.3, -0.25) is 4.68 Å². The summed E-state index contributed by atoms with van der Waals surface area (Å²) in [6.45, 7) is 4.50. The van der Waals surface area contributed by atoms with Gasteiger partial charge in [-0.2, -0.15) is 5.10 Å². The second-order valence-corrected chi connectivity index (χ2v) is 3.86. The van der Waals surface area contributed by atoms with Crippen LogP contribution in [0.3, 0.4) is 0 Å². The minimum atomic E-state index is -1.03. The van der Waals surface area contributed by atoms with Gasteiger partial charge in [-0.15, -0.1) is 0 Å². The first kappa shape index (κ1) is 14.0. The molecule has 1 atom stereocenters. The van der Waals surface area contributed by atoms with Crippen molar-refractivity contribution in [1.29, 1.82) is 0 Å². The van der Waals surface area contributed by atoms with Crippen LogP contribution < -0.4 is 10.6 Å². The first-order valence-electron chi connectivity index (χ1n) is 5.89. The standard InChI is InChI=1S/C11H18N4O3/c1-3-5-9(10(16)17)14-11(18)13-8-6-12-15(4-2)7-8/h6-7,9H,3-5H2,1-2H3,(H,16,17)(H2,13,14,18)/t9-/m1/s1. The molecule has 0 radical (unpaired) electrons. The van der Waals surface area contributed by atoms with Crippen LogP contribution in [0.1, 0.15) is 26.7 Å². The van der Waals surface area contributed by atoms with Crippen LogP contribution in [0.5, 0.6) is 0 Å². The predicted octanol–water partition coefficient (Wildman–Crippen LogP) is 1.28. The Hall–Kier alpha value is -2.05. The number of aromatic nitrogens is 2. The highest BCUT2D eigenvalue weighted by Crippen LogP contribution is 2.05. The Kier molecular flexibility index (Phi) is 5.16. The number of carboxylic acid groups (broad SMARTS) is 1. The second kappa shape index (κ2) is 6.63. The quantitative estimate of drug-likeness (QED) is 0.712. The van der Waals surface area contributed by atoms with Crippen LogP contribution in [0.25, 0.3) is 0 Å². The maximum atomic E-state index is 11.6. The smallest absolute Gasteiger partial charge is 0.326 e. The van der Waals surface area contributed by atoms with Gasteiger partial charge >= 0.3 is 12.0 Å². The third-order valence-electron chi connectivity index (χ3n) is 2.40. The number of nitrogens with one attached hydrogen (secondary N) is 2. The summed E-state index contributed by atoms with van der Waals surface area (Å²) in [5.74, 6) is -1.03. The molecule has 0 unspecified atom stereocenters. The maximum absolute atomic E-state index is 11.6. The Labute approximate surface area is 105 Å². The van der Waals surface area contributed by atoms with E-state index < -0.39 is 18.0 Å². The number of anilines is 1. The highest BCUT2D eigenvalue weighted by atomic mass is 16.4. The van der Waals surface area contributed by atoms with E-state index >= 15 is 0 Å². The van der Waals surface area contributed by atoms with Crippen molar-refractivity contribution in [3.63, 3.8) is 0 Å². The number of carbonyl (C=O) groups is 2. The van der Waals surface area contributed by atoms with E-state index in [9.17, 15) is 9.59 Å². The number of urea groups is 1. The molecule has 0 fully saturated rings. The maximum Gasteiger partial charge on any atom is 0.326 e. The van der Waals surface area contributed by atoms with E-state index in [-0.39, 0.29) is 0 Å². The van der Waals surface area contributed by atoms with Gasteiger partial charge in [0.15, 0.2) is 0 Å². The van der Waals surface area contributed by atoms with Crippen molar-refractivity contribution in [2.24, 2.45) is 0 Å². The van der Waals surface area contributed by atoms with Crippen LogP contribution in [-0.2, 0) is 11.3 Å². The molecular weight excluding hydrogens is 236 g/mol. The van der Waals surface area contributed by atoms with Crippen molar-refractivity contribution in [3.05, 3.63) is 12.4 Å². The minimum Gasteiger partial charge on any atom is -0.480 e. The molecule has 3 N–H and O–H groups in total. The Morgan fingerprint density at radius 1 is 1.50 bits per heavy atom. The van der Waals surface area contributed by atoms with Crippen LogP contribution in [0.2, 0.25) is 0 Å². The molecule has 7 nitrogen and oxygen atoms in total. The summed E-state index contributed by atoms with van der Waals surface area (Å²) < 4.78 is 1.66. The number of hydrogen-bond acceptors (Lipinski definition) is 3. The van der Waals surface area contributed by atoms with Crippen molar-refractivity contribution in [2.75, 3.05) is 5.32 Å². The van der Waals surface area contributed by atoms with Crippen LogP contribution in [-0.4, -0.2) is 32.9 Å². The fourth-order valence-electron chi connectivity index (χ4n) is 1.47. The van der Waals surface area contributed by atoms with Crippen LogP contribution >= 0.6 is 0 Å². The van der Waals surface area contributed by atoms with Gasteiger partial charge < -0.3 is 15.7 Å². The van der Waals surface area contributed by atoms with E-state index in [2.05, 4.69) is 15.7 Å². The highest BCUT2D eigenvalue weighted by molar-refractivity contribution is 5.91. The minimum absolute atomic E-state index is 0.400. The average Bonchev–Trinajstić information content (AvgIpc) is 2.76. The van der Waals surface area contributed by atoms with Crippen molar-refractivity contribution in [1.82, 2.24) is 15.1 Å². The molecule has 1 aromatic rings. The van der Waals surface area contributed by atoms with Gasteiger partial charge in [0.2, 0.25) is 0 Å². The molecule has 0 aliphatic carbocycles. The Balaban J connectivity index is 2.51. The lowest BCUT2D eigenvalue weighted by atomic mass is 10.2. The molecule has 18 heavy (non-hydrogen) atoms. The summed E-state index contributed by atoms with van der Waals surface area (Å²) in [4.78, 5) is 22.4. The molecule has 7 heteroatoms. The van der Waals surface area contributed by atoms with Gasteiger partial charge in [-0.05, 0) is 13.3 Å². The number of carboxylic acids is 1. The molecule has 0 bridgehead atoms. The van der Waals surface area contributed by atoms with E-state index in [4.69, 9.17) is 5.11 Å². The number of aliphatic carboxylic acids is 1. The normalized spacial score (nSPS) is 11.9. The Morgan fingerprint density at radius 2 is 2.22 bits per heavy atom. The van der Waals surface area contributed by atoms with Crippen molar-refractivity contribution in [2.45, 2.75) is 39.3 Å². The molecule has 1 aromatic heterocycles. The zero-order valence-corrected chi connectivity index (χ0v) is 10.5. The Morgan fingerprint density at radius 3 is 2.72 bits per heavy atom. The predicted molar refractivity (Wildman–Crippen MR) is 66.4 cm³/mol. The molecule has 0 saturated heterocycles. The van der Waals surface area contributed by atoms with Gasteiger partial charge in [0.1, 0.15) is 6.04 Å². The first-order valence-corrected chi connectivity index (χ1v) is 5.89. The van der Waals surface area contributed by atoms with Gasteiger partial charge in [-0.25, -0.2) is 9.59 Å². The molecule has 0 aliphatic heterocycles. The van der Waals surface area contributed by atoms with E-state index in [0.29, 0.717) is 25.1 Å². The summed E-state index contributed by atoms with van der Waals surface area (Å²) in [7, 11) is 0. The summed E-state index contributed by atoms with van der Waals surface area (Å²) in [6, 6.07) is -1.40. The Bertz CT molecular complexity index is 416. The van der Waals surface area contributed by atoms with Crippen molar-refractivity contribution in [3.8, 4) is 0 Å². The lowest BCUT2D eigenvalue weighted by Crippen LogP contribution is -2.42. The van der Waals surface area contributed by atoms with Crippen LogP contribution in [0, 0.1) is 0 Å². The molecule has 0 saturated carbocycles. The van der Waals surface area contributed by atoms with Gasteiger partial charge in [0.05, 0.1) is 11.9 Å². The molecule has 0 aromatic carbocycles. The third kappa shape index (κ3) is 4.08. The van der Waals surface area contributed by atoms with Gasteiger partial charge in [-0.1, -0.05) is 13.3 Å². The van der Waals surface area contributed by atoms with Gasteiger partial charge in [0.25, 0.3) is 0 Å². The van der Waals surface area contributed by atoms with E-state index in [1.807, 2.05) is 13.8 Å². The third-order valence-corrected chi connectivity index (χ3v) is 2.40. The summed E-state index contributed by atoms with van der Waals surface area (Å²) in [6.07, 6.45) is 4.27. The van der Waals surface area contributed by atoms with Crippen molar-refractivity contribution < 1.29 is 14.7 Å². The topological polar surface area (TPSA) is 96.3 Å². The second-order valence-electron chi connectivity index (χ2n) is 3.86. The highest BCUT2D eigenvalue weighted by Gasteiger charge is 2.18. The van der Waals surface area contributed by atoms with E-state index in [1.165, 1.54) is 6.20 Å². The monoisotopic (exact) mass is 254 g/mol. The molecule has 2 amide bonds. The SMILES string of the molecule is CCC[C@@H](NC(=O)Nc1cnn(CC)c1)C(=O)O. The van der Waals surface area contributed by atoms with Crippen LogP contribution in [0.4, 0.5) is 10.5 Å². The van der Waals surface area contributed by atoms with Crippen molar-refractivity contribution >= 4 is 17.7 Å². The first-order chi connectivity index (χ1) is 8.56. The summed E-state index contributed by atoms with van der Waals surface area (Å²) >= 11 is 0. The summed E-state index contributed by atoms with van der Waals surface area (Å²) in [5.41, 5.74) is 0.537. The molecule has 100 valence electrons. The zero-order valence-electron chi connectivity index (χ0n) is 10.5. The molecule has 1 rings (SSSR count). The summed E-state index contributed by atoms with van der Waals surface area (Å²) in [5, 5.41) is 17.8. The number of rotatable bonds is 6. The fourth-order valence-corrected chi connectivity index (χ4v) is 1.47. The van der Waals surface area contributed by atoms with Gasteiger partial charge in [0, 0.05) is 12.7 Å². The molecule has 1 heterocycles. The number of hydrogen-bond donors (Lipinski definition) is 3. The van der Waals surface area contributed by atoms with E-state index in [1.54, 1.807) is 10.9 Å². The largest absolute Gasteiger partial charge is 0.480 e. The molecular formula is C11H18N4O3. The fraction of sp³-hybridized carbons (Fsp3) is 0.545. The lowest BCUT2D eigenvalue weighted by molar-refractivity contribution is -0.139. The number of aryl methyl sites for hydroxylation is 1. The number of nitrogens with zero attached hydrogens (tertiary/aromatic N) is 2. The number of carbonyl (C=O) groups excluding carboxylic acids is 1. The molecule has 0 spiro atoms. The van der Waals surface area contributed by atoms with Crippen LogP contribution in [0.15, 0.2) is 12.4 Å². The molecule has 0 aliphatic rings.